The molecule has 0 N–H and O–H groups in total. The summed E-state index contributed by atoms with van der Waals surface area (Å²) >= 11 is 0. The van der Waals surface area contributed by atoms with Crippen LogP contribution in [0.25, 0.3) is 0 Å². The molecule has 2 fully saturated rings. The van der Waals surface area contributed by atoms with E-state index in [1.54, 1.807) is 0 Å². The third-order valence-corrected chi connectivity index (χ3v) is 7.83. The van der Waals surface area contributed by atoms with Gasteiger partial charge in [0.15, 0.2) is 0 Å². The molecule has 0 bridgehead atoms. The molecule has 2 aliphatic carbocycles. The van der Waals surface area contributed by atoms with E-state index in [9.17, 15) is 0 Å². The van der Waals surface area contributed by atoms with Crippen LogP contribution in [0, 0.1) is 35.5 Å². The topological polar surface area (TPSA) is 9.23 Å². The fourth-order valence-electron chi connectivity index (χ4n) is 5.64. The molecule has 0 unspecified atom stereocenters. The second kappa shape index (κ2) is 14.5. The third-order valence-electron chi connectivity index (χ3n) is 7.83. The van der Waals surface area contributed by atoms with Gasteiger partial charge in [0.1, 0.15) is 5.75 Å². The highest BCUT2D eigenvalue weighted by Gasteiger charge is 2.23. The van der Waals surface area contributed by atoms with Crippen LogP contribution in [-0.4, -0.2) is 6.61 Å². The van der Waals surface area contributed by atoms with Crippen molar-refractivity contribution in [1.82, 2.24) is 0 Å². The molecule has 0 atom stereocenters. The number of hydrogen-bond acceptors (Lipinski definition) is 1. The van der Waals surface area contributed by atoms with Crippen LogP contribution in [0.15, 0.2) is 36.4 Å². The summed E-state index contributed by atoms with van der Waals surface area (Å²) in [5, 5.41) is 0. The van der Waals surface area contributed by atoms with E-state index < -0.39 is 0 Å². The molecule has 1 nitrogen and oxygen atoms in total. The Morgan fingerprint density at radius 1 is 0.781 bits per heavy atom. The van der Waals surface area contributed by atoms with Crippen molar-refractivity contribution in [2.45, 2.75) is 104 Å². The minimum absolute atomic E-state index is 0.736. The standard InChI is InChI=1S/C31H46O/c1-3-5-25-32-31-23-21-28(22-24-31)10-7-6-9-27-13-17-30(18-14-27)20-19-29-15-11-26(8-4-2)12-16-29/h6,9,21-24,26-27,29-30H,3-5,8,11-20,25H2,1-2H3/b9-6+/t26-,27?,29-,30?. The van der Waals surface area contributed by atoms with E-state index in [0.717, 1.165) is 54.4 Å². The van der Waals surface area contributed by atoms with Gasteiger partial charge >= 0.3 is 0 Å². The average Bonchev–Trinajstić information content (AvgIpc) is 2.83. The van der Waals surface area contributed by atoms with Gasteiger partial charge < -0.3 is 4.74 Å². The summed E-state index contributed by atoms with van der Waals surface area (Å²) in [5.41, 5.74) is 1.06. The van der Waals surface area contributed by atoms with Crippen molar-refractivity contribution in [2.75, 3.05) is 6.61 Å². The van der Waals surface area contributed by atoms with Crippen LogP contribution in [0.2, 0.25) is 0 Å². The molecule has 0 saturated heterocycles. The molecule has 0 aliphatic heterocycles. The molecule has 1 aromatic carbocycles. The van der Waals surface area contributed by atoms with Crippen LogP contribution in [0.3, 0.4) is 0 Å². The minimum atomic E-state index is 0.736. The molecular formula is C31H46O. The van der Waals surface area contributed by atoms with Gasteiger partial charge in [-0.1, -0.05) is 89.6 Å². The first-order valence-corrected chi connectivity index (χ1v) is 13.7. The second-order valence-corrected chi connectivity index (χ2v) is 10.4. The smallest absolute Gasteiger partial charge is 0.119 e. The van der Waals surface area contributed by atoms with Gasteiger partial charge in [-0.15, -0.1) is 0 Å². The summed E-state index contributed by atoms with van der Waals surface area (Å²) in [6.07, 6.45) is 24.1. The van der Waals surface area contributed by atoms with E-state index in [-0.39, 0.29) is 0 Å². The minimum Gasteiger partial charge on any atom is -0.494 e. The van der Waals surface area contributed by atoms with Crippen molar-refractivity contribution in [2.24, 2.45) is 23.7 Å². The molecule has 0 amide bonds. The van der Waals surface area contributed by atoms with Gasteiger partial charge in [-0.2, -0.15) is 0 Å². The number of allylic oxidation sites excluding steroid dienone is 2. The van der Waals surface area contributed by atoms with Crippen molar-refractivity contribution in [3.63, 3.8) is 0 Å². The number of rotatable bonds is 10. The van der Waals surface area contributed by atoms with Crippen LogP contribution in [0.1, 0.15) is 109 Å². The quantitative estimate of drug-likeness (QED) is 0.264. The van der Waals surface area contributed by atoms with Crippen LogP contribution in [0.5, 0.6) is 5.75 Å². The summed E-state index contributed by atoms with van der Waals surface area (Å²) in [7, 11) is 0. The SMILES string of the molecule is CCCCOc1ccc(C#C/C=C/C2CCC(CC[C@H]3CC[C@H](CCC)CC3)CC2)cc1. The average molecular weight is 435 g/mol. The molecule has 176 valence electrons. The molecule has 1 aromatic rings. The summed E-state index contributed by atoms with van der Waals surface area (Å²) in [5.74, 6) is 11.2. The molecule has 0 aromatic heterocycles. The fourth-order valence-corrected chi connectivity index (χ4v) is 5.64. The van der Waals surface area contributed by atoms with Crippen LogP contribution in [-0.2, 0) is 0 Å². The maximum absolute atomic E-state index is 5.72. The summed E-state index contributed by atoms with van der Waals surface area (Å²) < 4.78 is 5.72. The lowest BCUT2D eigenvalue weighted by atomic mass is 9.75. The Hall–Kier alpha value is -1.68. The van der Waals surface area contributed by atoms with Gasteiger partial charge in [-0.05, 0) is 86.1 Å². The van der Waals surface area contributed by atoms with Crippen molar-refractivity contribution in [3.05, 3.63) is 42.0 Å². The largest absolute Gasteiger partial charge is 0.494 e. The Balaban J connectivity index is 1.30. The van der Waals surface area contributed by atoms with E-state index in [2.05, 4.69) is 50.0 Å². The second-order valence-electron chi connectivity index (χ2n) is 10.4. The van der Waals surface area contributed by atoms with Crippen molar-refractivity contribution in [1.29, 1.82) is 0 Å². The lowest BCUT2D eigenvalue weighted by Gasteiger charge is -2.31. The summed E-state index contributed by atoms with van der Waals surface area (Å²) in [6.45, 7) is 5.32. The Bertz CT molecular complexity index is 703. The number of benzene rings is 1. The van der Waals surface area contributed by atoms with Gasteiger partial charge in [0.25, 0.3) is 0 Å². The van der Waals surface area contributed by atoms with E-state index in [1.165, 1.54) is 77.0 Å². The highest BCUT2D eigenvalue weighted by Crippen LogP contribution is 2.37. The molecule has 1 heteroatoms. The molecule has 0 heterocycles. The van der Waals surface area contributed by atoms with Crippen molar-refractivity contribution in [3.8, 4) is 17.6 Å². The number of hydrogen-bond donors (Lipinski definition) is 0. The predicted octanol–water partition coefficient (Wildman–Crippen LogP) is 8.97. The zero-order valence-electron chi connectivity index (χ0n) is 20.8. The molecule has 3 rings (SSSR count). The number of unbranched alkanes of at least 4 members (excludes halogenated alkanes) is 1. The Morgan fingerprint density at radius 2 is 1.38 bits per heavy atom. The molecule has 2 saturated carbocycles. The van der Waals surface area contributed by atoms with Gasteiger partial charge in [0, 0.05) is 5.56 Å². The van der Waals surface area contributed by atoms with E-state index in [0.29, 0.717) is 0 Å². The molecule has 32 heavy (non-hydrogen) atoms. The monoisotopic (exact) mass is 434 g/mol. The maximum Gasteiger partial charge on any atom is 0.119 e. The van der Waals surface area contributed by atoms with Gasteiger partial charge in [-0.3, -0.25) is 0 Å². The normalized spacial score (nSPS) is 25.9. The highest BCUT2D eigenvalue weighted by molar-refractivity contribution is 5.40. The van der Waals surface area contributed by atoms with E-state index >= 15 is 0 Å². The summed E-state index contributed by atoms with van der Waals surface area (Å²) in [6, 6.07) is 8.18. The zero-order chi connectivity index (χ0) is 22.4. The van der Waals surface area contributed by atoms with Crippen LogP contribution in [0.4, 0.5) is 0 Å². The maximum atomic E-state index is 5.72. The van der Waals surface area contributed by atoms with Crippen LogP contribution >= 0.6 is 0 Å². The first-order valence-electron chi connectivity index (χ1n) is 13.7. The van der Waals surface area contributed by atoms with E-state index in [1.807, 2.05) is 12.1 Å². The zero-order valence-corrected chi connectivity index (χ0v) is 20.8. The van der Waals surface area contributed by atoms with Crippen molar-refractivity contribution >= 4 is 0 Å². The predicted molar refractivity (Wildman–Crippen MR) is 138 cm³/mol. The lowest BCUT2D eigenvalue weighted by Crippen LogP contribution is -2.17. The molecule has 0 spiro atoms. The van der Waals surface area contributed by atoms with Crippen molar-refractivity contribution < 1.29 is 4.74 Å². The lowest BCUT2D eigenvalue weighted by molar-refractivity contribution is 0.221. The molecule has 2 aliphatic rings. The Kier molecular flexibility index (Phi) is 11.3. The first-order chi connectivity index (χ1) is 15.8. The highest BCUT2D eigenvalue weighted by atomic mass is 16.5. The van der Waals surface area contributed by atoms with Gasteiger partial charge in [0.2, 0.25) is 0 Å². The third kappa shape index (κ3) is 9.05. The summed E-state index contributed by atoms with van der Waals surface area (Å²) in [4.78, 5) is 0. The van der Waals surface area contributed by atoms with Gasteiger partial charge in [0.05, 0.1) is 6.61 Å². The van der Waals surface area contributed by atoms with E-state index in [4.69, 9.17) is 4.74 Å². The first kappa shape index (κ1) is 25.0. The number of ether oxygens (including phenoxy) is 1. The molecule has 0 radical (unpaired) electrons. The molecular weight excluding hydrogens is 388 g/mol. The van der Waals surface area contributed by atoms with Crippen LogP contribution < -0.4 is 4.74 Å². The Labute approximate surface area is 198 Å². The van der Waals surface area contributed by atoms with Gasteiger partial charge in [-0.25, -0.2) is 0 Å². The fraction of sp³-hybridized carbons (Fsp3) is 0.677. The Morgan fingerprint density at radius 3 is 1.97 bits per heavy atom.